The van der Waals surface area contributed by atoms with Gasteiger partial charge in [0.15, 0.2) is 5.11 Å². The van der Waals surface area contributed by atoms with Gasteiger partial charge in [0.25, 0.3) is 0 Å². The normalized spacial score (nSPS) is 27.9. The molecule has 0 aliphatic carbocycles. The van der Waals surface area contributed by atoms with E-state index < -0.39 is 0 Å². The predicted octanol–water partition coefficient (Wildman–Crippen LogP) is 1.23. The minimum absolute atomic E-state index is 0.333. The van der Waals surface area contributed by atoms with Crippen molar-refractivity contribution in [2.45, 2.75) is 18.9 Å². The van der Waals surface area contributed by atoms with Gasteiger partial charge in [-0.3, -0.25) is 0 Å². The second-order valence-corrected chi connectivity index (χ2v) is 3.67. The fourth-order valence-corrected chi connectivity index (χ4v) is 1.86. The van der Waals surface area contributed by atoms with Crippen LogP contribution in [-0.2, 0) is 0 Å². The molecule has 0 radical (unpaired) electrons. The summed E-state index contributed by atoms with van der Waals surface area (Å²) in [5.41, 5.74) is 0. The van der Waals surface area contributed by atoms with Crippen molar-refractivity contribution in [3.05, 3.63) is 24.2 Å². The summed E-state index contributed by atoms with van der Waals surface area (Å²) in [6.07, 6.45) is 1.70. The Morgan fingerprint density at radius 2 is 2.46 bits per heavy atom. The van der Waals surface area contributed by atoms with E-state index in [0.717, 1.165) is 17.4 Å². The smallest absolute Gasteiger partial charge is 0.166 e. The standard InChI is InChI=1S/C9H12N2OS/c1-6-7(5-10-9(13)11-6)8-3-2-4-12-8/h2-4,6-7H,5H2,1H3,(H2,10,11,13)/t6-,7-/m1/s1. The number of rotatable bonds is 1. The van der Waals surface area contributed by atoms with Crippen molar-refractivity contribution < 1.29 is 4.42 Å². The van der Waals surface area contributed by atoms with E-state index in [4.69, 9.17) is 16.6 Å². The third-order valence-corrected chi connectivity index (χ3v) is 2.62. The fraction of sp³-hybridized carbons (Fsp3) is 0.444. The Kier molecular flexibility index (Phi) is 2.22. The van der Waals surface area contributed by atoms with E-state index in [0.29, 0.717) is 12.0 Å². The van der Waals surface area contributed by atoms with Crippen LogP contribution in [0.2, 0.25) is 0 Å². The van der Waals surface area contributed by atoms with Crippen molar-refractivity contribution in [3.8, 4) is 0 Å². The Hall–Kier alpha value is -1.03. The van der Waals surface area contributed by atoms with Crippen LogP contribution in [0.25, 0.3) is 0 Å². The summed E-state index contributed by atoms with van der Waals surface area (Å²) < 4.78 is 5.36. The highest BCUT2D eigenvalue weighted by Gasteiger charge is 2.26. The molecule has 0 saturated carbocycles. The summed E-state index contributed by atoms with van der Waals surface area (Å²) in [5.74, 6) is 1.37. The number of thiocarbonyl (C=S) groups is 1. The first-order valence-corrected chi connectivity index (χ1v) is 4.76. The number of hydrogen-bond acceptors (Lipinski definition) is 2. The van der Waals surface area contributed by atoms with Crippen LogP contribution in [0.1, 0.15) is 18.6 Å². The molecule has 1 aliphatic rings. The molecule has 1 aliphatic heterocycles. The summed E-state index contributed by atoms with van der Waals surface area (Å²) in [4.78, 5) is 0. The maximum atomic E-state index is 5.36. The molecule has 2 atom stereocenters. The molecule has 1 aromatic rings. The number of hydrogen-bond donors (Lipinski definition) is 2. The minimum atomic E-state index is 0.333. The van der Waals surface area contributed by atoms with Gasteiger partial charge in [-0.15, -0.1) is 0 Å². The van der Waals surface area contributed by atoms with Gasteiger partial charge in [-0.1, -0.05) is 0 Å². The number of nitrogens with one attached hydrogen (secondary N) is 2. The van der Waals surface area contributed by atoms with Gasteiger partial charge < -0.3 is 15.1 Å². The molecule has 0 bridgehead atoms. The van der Waals surface area contributed by atoms with Crippen molar-refractivity contribution in [1.82, 2.24) is 10.6 Å². The molecular formula is C9H12N2OS. The molecule has 1 fully saturated rings. The number of furan rings is 1. The SMILES string of the molecule is C[C@H]1NC(=S)NC[C@H]1c1ccco1. The van der Waals surface area contributed by atoms with Crippen molar-refractivity contribution in [2.24, 2.45) is 0 Å². The van der Waals surface area contributed by atoms with E-state index >= 15 is 0 Å². The van der Waals surface area contributed by atoms with E-state index in [2.05, 4.69) is 17.6 Å². The average molecular weight is 196 g/mol. The zero-order valence-electron chi connectivity index (χ0n) is 7.41. The summed E-state index contributed by atoms with van der Waals surface area (Å²) in [6.45, 7) is 2.96. The Morgan fingerprint density at radius 3 is 3.08 bits per heavy atom. The Bertz CT molecular complexity index is 297. The van der Waals surface area contributed by atoms with E-state index in [1.807, 2.05) is 12.1 Å². The maximum Gasteiger partial charge on any atom is 0.166 e. The van der Waals surface area contributed by atoms with E-state index in [-0.39, 0.29) is 0 Å². The van der Waals surface area contributed by atoms with E-state index in [1.165, 1.54) is 0 Å². The Labute approximate surface area is 82.5 Å². The Balaban J connectivity index is 2.12. The molecule has 2 N–H and O–H groups in total. The lowest BCUT2D eigenvalue weighted by Gasteiger charge is -2.30. The van der Waals surface area contributed by atoms with Crippen LogP contribution in [0.4, 0.5) is 0 Å². The fourth-order valence-electron chi connectivity index (χ4n) is 1.59. The summed E-state index contributed by atoms with van der Waals surface area (Å²) >= 11 is 5.01. The molecule has 3 nitrogen and oxygen atoms in total. The zero-order chi connectivity index (χ0) is 9.26. The van der Waals surface area contributed by atoms with Crippen LogP contribution in [-0.4, -0.2) is 17.7 Å². The highest BCUT2D eigenvalue weighted by molar-refractivity contribution is 7.80. The molecule has 0 spiro atoms. The molecule has 0 amide bonds. The topological polar surface area (TPSA) is 37.2 Å². The quantitative estimate of drug-likeness (QED) is 0.662. The van der Waals surface area contributed by atoms with Crippen molar-refractivity contribution in [1.29, 1.82) is 0 Å². The monoisotopic (exact) mass is 196 g/mol. The lowest BCUT2D eigenvalue weighted by atomic mass is 9.97. The second-order valence-electron chi connectivity index (χ2n) is 3.26. The third-order valence-electron chi connectivity index (χ3n) is 2.35. The van der Waals surface area contributed by atoms with E-state index in [9.17, 15) is 0 Å². The lowest BCUT2D eigenvalue weighted by Crippen LogP contribution is -2.52. The van der Waals surface area contributed by atoms with Gasteiger partial charge >= 0.3 is 0 Å². The lowest BCUT2D eigenvalue weighted by molar-refractivity contribution is 0.391. The molecule has 1 saturated heterocycles. The Morgan fingerprint density at radius 1 is 1.62 bits per heavy atom. The molecule has 13 heavy (non-hydrogen) atoms. The second kappa shape index (κ2) is 3.38. The van der Waals surface area contributed by atoms with Crippen LogP contribution in [0.3, 0.4) is 0 Å². The van der Waals surface area contributed by atoms with Gasteiger partial charge in [0.2, 0.25) is 0 Å². The zero-order valence-corrected chi connectivity index (χ0v) is 8.23. The largest absolute Gasteiger partial charge is 0.469 e. The minimum Gasteiger partial charge on any atom is -0.469 e. The molecule has 1 aromatic heterocycles. The van der Waals surface area contributed by atoms with Crippen LogP contribution in [0.5, 0.6) is 0 Å². The molecule has 4 heteroatoms. The van der Waals surface area contributed by atoms with Crippen LogP contribution < -0.4 is 10.6 Å². The van der Waals surface area contributed by atoms with E-state index in [1.54, 1.807) is 6.26 Å². The van der Waals surface area contributed by atoms with Crippen molar-refractivity contribution >= 4 is 17.3 Å². The molecule has 70 valence electrons. The summed E-state index contributed by atoms with van der Waals surface area (Å²) in [7, 11) is 0. The van der Waals surface area contributed by atoms with Crippen molar-refractivity contribution in [2.75, 3.05) is 6.54 Å². The van der Waals surface area contributed by atoms with Crippen LogP contribution in [0.15, 0.2) is 22.8 Å². The molecule has 0 aromatic carbocycles. The maximum absolute atomic E-state index is 5.36. The first-order chi connectivity index (χ1) is 6.27. The highest BCUT2D eigenvalue weighted by Crippen LogP contribution is 2.21. The first-order valence-electron chi connectivity index (χ1n) is 4.35. The van der Waals surface area contributed by atoms with Crippen LogP contribution in [0, 0.1) is 0 Å². The first kappa shape index (κ1) is 8.56. The third kappa shape index (κ3) is 1.67. The summed E-state index contributed by atoms with van der Waals surface area (Å²) in [5, 5.41) is 7.02. The van der Waals surface area contributed by atoms with Gasteiger partial charge in [-0.2, -0.15) is 0 Å². The van der Waals surface area contributed by atoms with Crippen molar-refractivity contribution in [3.63, 3.8) is 0 Å². The van der Waals surface area contributed by atoms with Gasteiger partial charge in [0.05, 0.1) is 12.2 Å². The molecule has 2 heterocycles. The van der Waals surface area contributed by atoms with Crippen LogP contribution >= 0.6 is 12.2 Å². The molecular weight excluding hydrogens is 184 g/mol. The molecule has 0 unspecified atom stereocenters. The molecule has 2 rings (SSSR count). The van der Waals surface area contributed by atoms with Gasteiger partial charge in [0, 0.05) is 12.6 Å². The summed E-state index contributed by atoms with van der Waals surface area (Å²) in [6, 6.07) is 4.24. The predicted molar refractivity (Wildman–Crippen MR) is 54.6 cm³/mol. The average Bonchev–Trinajstić information content (AvgIpc) is 2.56. The van der Waals surface area contributed by atoms with Gasteiger partial charge in [0.1, 0.15) is 5.76 Å². The van der Waals surface area contributed by atoms with Gasteiger partial charge in [-0.25, -0.2) is 0 Å². The van der Waals surface area contributed by atoms with Gasteiger partial charge in [-0.05, 0) is 31.3 Å². The highest BCUT2D eigenvalue weighted by atomic mass is 32.1.